The van der Waals surface area contributed by atoms with Crippen molar-refractivity contribution in [2.75, 3.05) is 18.5 Å². The molecule has 23 heavy (non-hydrogen) atoms. The summed E-state index contributed by atoms with van der Waals surface area (Å²) in [6, 6.07) is 2.01. The zero-order valence-corrected chi connectivity index (χ0v) is 15.0. The third-order valence-corrected chi connectivity index (χ3v) is 4.18. The van der Waals surface area contributed by atoms with Crippen LogP contribution in [0.1, 0.15) is 77.6 Å². The van der Waals surface area contributed by atoms with Gasteiger partial charge >= 0.3 is 0 Å². The van der Waals surface area contributed by atoms with Crippen LogP contribution in [0.3, 0.4) is 0 Å². The van der Waals surface area contributed by atoms with Crippen LogP contribution in [0.2, 0.25) is 0 Å². The third-order valence-electron chi connectivity index (χ3n) is 4.18. The number of nitrogens with one attached hydrogen (secondary N) is 1. The van der Waals surface area contributed by atoms with Gasteiger partial charge in [-0.25, -0.2) is 4.57 Å². The highest BCUT2D eigenvalue weighted by Crippen LogP contribution is 2.10. The fourth-order valence-electron chi connectivity index (χ4n) is 2.70. The maximum atomic E-state index is 8.81. The molecular formula is C19H36N3O+. The number of hydrogen-bond donors (Lipinski definition) is 2. The van der Waals surface area contributed by atoms with Crippen molar-refractivity contribution in [1.82, 2.24) is 4.98 Å². The molecule has 0 amide bonds. The number of hydrogen-bond acceptors (Lipinski definition) is 3. The Morgan fingerprint density at radius 3 is 2.17 bits per heavy atom. The van der Waals surface area contributed by atoms with Gasteiger partial charge in [0.1, 0.15) is 0 Å². The van der Waals surface area contributed by atoms with Gasteiger partial charge in [0.05, 0.1) is 12.7 Å². The predicted octanol–water partition coefficient (Wildman–Crippen LogP) is 4.08. The van der Waals surface area contributed by atoms with E-state index in [-0.39, 0.29) is 6.61 Å². The highest BCUT2D eigenvalue weighted by Gasteiger charge is 2.02. The second kappa shape index (κ2) is 14.4. The van der Waals surface area contributed by atoms with E-state index in [1.54, 1.807) is 0 Å². The molecule has 4 heteroatoms. The van der Waals surface area contributed by atoms with Gasteiger partial charge in [0, 0.05) is 25.6 Å². The number of aliphatic hydroxyl groups excluding tert-OH is 1. The molecule has 0 spiro atoms. The topological polar surface area (TPSA) is 49.0 Å². The van der Waals surface area contributed by atoms with Gasteiger partial charge < -0.3 is 10.4 Å². The van der Waals surface area contributed by atoms with Crippen molar-refractivity contribution in [3.63, 3.8) is 0 Å². The molecule has 0 saturated carbocycles. The largest absolute Gasteiger partial charge is 0.396 e. The summed E-state index contributed by atoms with van der Waals surface area (Å²) in [6.07, 6.45) is 18.3. The molecule has 1 aromatic heterocycles. The zero-order valence-electron chi connectivity index (χ0n) is 15.0. The molecule has 0 bridgehead atoms. The van der Waals surface area contributed by atoms with Crippen LogP contribution in [0.15, 0.2) is 18.6 Å². The Bertz CT molecular complexity index is 367. The Morgan fingerprint density at radius 1 is 0.957 bits per heavy atom. The van der Waals surface area contributed by atoms with Gasteiger partial charge in [-0.05, 0) is 11.4 Å². The average molecular weight is 323 g/mol. The van der Waals surface area contributed by atoms with Crippen molar-refractivity contribution in [1.29, 1.82) is 0 Å². The number of aliphatic hydroxyl groups is 1. The Labute approximate surface area is 142 Å². The summed E-state index contributed by atoms with van der Waals surface area (Å²) in [5.41, 5.74) is 0. The molecule has 0 unspecified atom stereocenters. The second-order valence-electron chi connectivity index (χ2n) is 6.37. The highest BCUT2D eigenvalue weighted by molar-refractivity contribution is 5.30. The number of aromatic nitrogens is 2. The molecule has 0 aromatic carbocycles. The van der Waals surface area contributed by atoms with E-state index in [4.69, 9.17) is 5.11 Å². The molecular weight excluding hydrogens is 286 g/mol. The molecule has 132 valence electrons. The van der Waals surface area contributed by atoms with E-state index in [1.165, 1.54) is 64.2 Å². The summed E-state index contributed by atoms with van der Waals surface area (Å²) in [5.74, 6) is 0.946. The standard InChI is InChI=1S/C19H35N3O/c1-2-3-4-5-6-7-8-9-10-11-14-20-19-13-16-22(18-21-19)15-12-17-23/h13,16,18,23H,2-12,14-15,17H2,1H3/p+1. The van der Waals surface area contributed by atoms with Crippen LogP contribution >= 0.6 is 0 Å². The molecule has 1 aromatic rings. The summed E-state index contributed by atoms with van der Waals surface area (Å²) < 4.78 is 2.00. The van der Waals surface area contributed by atoms with Crippen LogP contribution in [0.4, 0.5) is 5.82 Å². The molecule has 0 aliphatic rings. The molecule has 0 radical (unpaired) electrons. The van der Waals surface area contributed by atoms with E-state index in [9.17, 15) is 0 Å². The van der Waals surface area contributed by atoms with E-state index in [1.807, 2.05) is 23.2 Å². The van der Waals surface area contributed by atoms with E-state index >= 15 is 0 Å². The smallest absolute Gasteiger partial charge is 0.288 e. The van der Waals surface area contributed by atoms with Crippen LogP contribution in [0.5, 0.6) is 0 Å². The minimum absolute atomic E-state index is 0.228. The van der Waals surface area contributed by atoms with E-state index < -0.39 is 0 Å². The molecule has 1 rings (SSSR count). The van der Waals surface area contributed by atoms with Crippen LogP contribution in [0, 0.1) is 0 Å². The number of nitrogens with zero attached hydrogens (tertiary/aromatic N) is 2. The van der Waals surface area contributed by atoms with Crippen LogP contribution < -0.4 is 9.88 Å². The molecule has 4 nitrogen and oxygen atoms in total. The maximum Gasteiger partial charge on any atom is 0.288 e. The van der Waals surface area contributed by atoms with Gasteiger partial charge in [0.15, 0.2) is 0 Å². The fourth-order valence-corrected chi connectivity index (χ4v) is 2.70. The number of rotatable bonds is 15. The van der Waals surface area contributed by atoms with Crippen molar-refractivity contribution in [3.8, 4) is 0 Å². The summed E-state index contributed by atoms with van der Waals surface area (Å²) in [4.78, 5) is 4.38. The second-order valence-corrected chi connectivity index (χ2v) is 6.37. The molecule has 1 heterocycles. The molecule has 0 fully saturated rings. The lowest BCUT2D eigenvalue weighted by Crippen LogP contribution is -2.34. The monoisotopic (exact) mass is 322 g/mol. The fraction of sp³-hybridized carbons (Fsp3) is 0.789. The zero-order chi connectivity index (χ0) is 16.6. The lowest BCUT2D eigenvalue weighted by molar-refractivity contribution is -0.700. The number of unbranched alkanes of at least 4 members (excludes halogenated alkanes) is 9. The van der Waals surface area contributed by atoms with Gasteiger partial charge in [-0.2, -0.15) is 0 Å². The third kappa shape index (κ3) is 11.1. The maximum absolute atomic E-state index is 8.81. The van der Waals surface area contributed by atoms with Crippen molar-refractivity contribution >= 4 is 5.82 Å². The summed E-state index contributed by atoms with van der Waals surface area (Å²) >= 11 is 0. The Kier molecular flexibility index (Phi) is 12.5. The summed E-state index contributed by atoms with van der Waals surface area (Å²) in [6.45, 7) is 4.33. The lowest BCUT2D eigenvalue weighted by Gasteiger charge is -2.04. The van der Waals surface area contributed by atoms with Crippen molar-refractivity contribution in [2.24, 2.45) is 0 Å². The minimum Gasteiger partial charge on any atom is -0.396 e. The number of anilines is 1. The van der Waals surface area contributed by atoms with E-state index in [2.05, 4.69) is 17.2 Å². The first-order chi connectivity index (χ1) is 11.4. The molecule has 0 atom stereocenters. The summed E-state index contributed by atoms with van der Waals surface area (Å²) in [5, 5.41) is 12.2. The molecule has 0 aliphatic carbocycles. The van der Waals surface area contributed by atoms with E-state index in [0.29, 0.717) is 0 Å². The quantitative estimate of drug-likeness (QED) is 0.378. The summed E-state index contributed by atoms with van der Waals surface area (Å²) in [7, 11) is 0. The highest BCUT2D eigenvalue weighted by atomic mass is 16.3. The van der Waals surface area contributed by atoms with Gasteiger partial charge in [0.2, 0.25) is 5.82 Å². The van der Waals surface area contributed by atoms with Gasteiger partial charge in [-0.3, -0.25) is 0 Å². The van der Waals surface area contributed by atoms with Gasteiger partial charge in [-0.1, -0.05) is 64.7 Å². The molecule has 0 aliphatic heterocycles. The Hall–Kier alpha value is -1.16. The first-order valence-electron chi connectivity index (χ1n) is 9.56. The van der Waals surface area contributed by atoms with Crippen LogP contribution in [-0.2, 0) is 6.54 Å². The first-order valence-corrected chi connectivity index (χ1v) is 9.56. The lowest BCUT2D eigenvalue weighted by atomic mass is 10.1. The van der Waals surface area contributed by atoms with Crippen LogP contribution in [0.25, 0.3) is 0 Å². The Balaban J connectivity index is 1.92. The predicted molar refractivity (Wildman–Crippen MR) is 96.5 cm³/mol. The normalized spacial score (nSPS) is 10.9. The van der Waals surface area contributed by atoms with E-state index in [0.717, 1.165) is 25.3 Å². The minimum atomic E-state index is 0.228. The Morgan fingerprint density at radius 2 is 1.61 bits per heavy atom. The average Bonchev–Trinajstić information content (AvgIpc) is 2.59. The van der Waals surface area contributed by atoms with Gasteiger partial charge in [-0.15, -0.1) is 0 Å². The van der Waals surface area contributed by atoms with Gasteiger partial charge in [0.25, 0.3) is 6.33 Å². The first kappa shape index (κ1) is 19.9. The molecule has 0 saturated heterocycles. The van der Waals surface area contributed by atoms with Crippen LogP contribution in [-0.4, -0.2) is 23.2 Å². The SMILES string of the molecule is CCCCCCCCCCCCNc1cc[n+](CCCO)cn1. The van der Waals surface area contributed by atoms with Crippen molar-refractivity contribution in [3.05, 3.63) is 18.6 Å². The number of aryl methyl sites for hydroxylation is 1. The van der Waals surface area contributed by atoms with Crippen molar-refractivity contribution < 1.29 is 9.67 Å². The molecule has 2 N–H and O–H groups in total. The van der Waals surface area contributed by atoms with Crippen molar-refractivity contribution in [2.45, 2.75) is 84.1 Å².